The van der Waals surface area contributed by atoms with Crippen LogP contribution in [0.5, 0.6) is 5.75 Å². The number of carboxylic acids is 1. The molecule has 3 unspecified atom stereocenters. The van der Waals surface area contributed by atoms with E-state index < -0.39 is 12.0 Å². The van der Waals surface area contributed by atoms with E-state index in [9.17, 15) is 9.90 Å². The Morgan fingerprint density at radius 3 is 2.38 bits per heavy atom. The van der Waals surface area contributed by atoms with Crippen molar-refractivity contribution in [3.05, 3.63) is 29.8 Å². The highest BCUT2D eigenvalue weighted by atomic mass is 16.5. The van der Waals surface area contributed by atoms with Gasteiger partial charge in [0.05, 0.1) is 7.11 Å². The van der Waals surface area contributed by atoms with Gasteiger partial charge in [-0.25, -0.2) is 0 Å². The van der Waals surface area contributed by atoms with Gasteiger partial charge in [-0.15, -0.1) is 0 Å². The average Bonchev–Trinajstić information content (AvgIpc) is 2.50. The fraction of sp³-hybridized carbons (Fsp3) is 0.588. The zero-order valence-electron chi connectivity index (χ0n) is 13.4. The van der Waals surface area contributed by atoms with Gasteiger partial charge in [0.25, 0.3) is 0 Å². The Morgan fingerprint density at radius 2 is 1.90 bits per heavy atom. The third-order valence-corrected chi connectivity index (χ3v) is 4.00. The molecule has 0 aromatic heterocycles. The number of rotatable bonds is 9. The molecule has 0 bridgehead atoms. The zero-order chi connectivity index (χ0) is 15.8. The molecule has 0 aliphatic carbocycles. The van der Waals surface area contributed by atoms with Crippen LogP contribution in [0.4, 0.5) is 0 Å². The van der Waals surface area contributed by atoms with Gasteiger partial charge in [-0.2, -0.15) is 0 Å². The maximum Gasteiger partial charge on any atom is 0.320 e. The second-order valence-electron chi connectivity index (χ2n) is 5.55. The van der Waals surface area contributed by atoms with Gasteiger partial charge in [0.2, 0.25) is 0 Å². The Balaban J connectivity index is 2.66. The van der Waals surface area contributed by atoms with E-state index in [0.29, 0.717) is 6.42 Å². The number of methoxy groups -OCH3 is 1. The van der Waals surface area contributed by atoms with E-state index in [2.05, 4.69) is 19.2 Å². The third kappa shape index (κ3) is 5.38. The van der Waals surface area contributed by atoms with Gasteiger partial charge in [-0.05, 0) is 37.0 Å². The number of benzene rings is 1. The lowest BCUT2D eigenvalue weighted by Gasteiger charge is -2.25. The summed E-state index contributed by atoms with van der Waals surface area (Å²) < 4.78 is 5.16. The monoisotopic (exact) mass is 293 g/mol. The molecule has 1 aromatic carbocycles. The van der Waals surface area contributed by atoms with Gasteiger partial charge in [0.15, 0.2) is 0 Å². The van der Waals surface area contributed by atoms with E-state index in [1.165, 1.54) is 5.56 Å². The molecule has 4 nitrogen and oxygen atoms in total. The Labute approximate surface area is 127 Å². The number of nitrogens with one attached hydrogen (secondary N) is 1. The lowest BCUT2D eigenvalue weighted by molar-refractivity contribution is -0.139. The molecule has 0 saturated carbocycles. The predicted octanol–water partition coefficient (Wildman–Crippen LogP) is 3.42. The van der Waals surface area contributed by atoms with Gasteiger partial charge in [-0.1, -0.05) is 38.8 Å². The maximum absolute atomic E-state index is 11.3. The molecule has 4 heteroatoms. The summed E-state index contributed by atoms with van der Waals surface area (Å²) in [4.78, 5) is 11.3. The van der Waals surface area contributed by atoms with Crippen LogP contribution in [0.1, 0.15) is 51.5 Å². The average molecular weight is 293 g/mol. The van der Waals surface area contributed by atoms with Gasteiger partial charge in [0.1, 0.15) is 11.8 Å². The Bertz CT molecular complexity index is 430. The van der Waals surface area contributed by atoms with Crippen LogP contribution in [-0.4, -0.2) is 30.3 Å². The van der Waals surface area contributed by atoms with Crippen LogP contribution in [0.15, 0.2) is 24.3 Å². The van der Waals surface area contributed by atoms with E-state index in [-0.39, 0.29) is 12.0 Å². The first-order chi connectivity index (χ1) is 9.99. The van der Waals surface area contributed by atoms with Gasteiger partial charge in [0, 0.05) is 6.04 Å². The minimum absolute atomic E-state index is 0.0938. The Kier molecular flexibility index (Phi) is 7.23. The number of aliphatic carboxylic acids is 1. The first-order valence-corrected chi connectivity index (χ1v) is 7.62. The van der Waals surface area contributed by atoms with Crippen LogP contribution in [0, 0.1) is 0 Å². The molecule has 21 heavy (non-hydrogen) atoms. The van der Waals surface area contributed by atoms with E-state index in [1.54, 1.807) is 7.11 Å². The zero-order valence-corrected chi connectivity index (χ0v) is 13.4. The number of hydrogen-bond acceptors (Lipinski definition) is 3. The highest BCUT2D eigenvalue weighted by Gasteiger charge is 2.22. The van der Waals surface area contributed by atoms with Gasteiger partial charge < -0.3 is 15.2 Å². The van der Waals surface area contributed by atoms with Crippen molar-refractivity contribution in [1.29, 1.82) is 0 Å². The lowest BCUT2D eigenvalue weighted by atomic mass is 9.93. The summed E-state index contributed by atoms with van der Waals surface area (Å²) >= 11 is 0. The molecule has 0 fully saturated rings. The van der Waals surface area contributed by atoms with Crippen molar-refractivity contribution < 1.29 is 14.6 Å². The molecule has 0 amide bonds. The fourth-order valence-corrected chi connectivity index (χ4v) is 2.34. The number of hydrogen-bond donors (Lipinski definition) is 2. The summed E-state index contributed by atoms with van der Waals surface area (Å²) in [6.45, 7) is 6.22. The molecule has 0 aliphatic rings. The minimum Gasteiger partial charge on any atom is -0.497 e. The van der Waals surface area contributed by atoms with Crippen molar-refractivity contribution >= 4 is 5.97 Å². The van der Waals surface area contributed by atoms with Crippen molar-refractivity contribution in [1.82, 2.24) is 5.32 Å². The number of carbonyl (C=O) groups is 1. The normalized spacial score (nSPS) is 15.2. The van der Waals surface area contributed by atoms with Crippen LogP contribution in [0.2, 0.25) is 0 Å². The van der Waals surface area contributed by atoms with E-state index in [4.69, 9.17) is 4.74 Å². The summed E-state index contributed by atoms with van der Waals surface area (Å²) in [6.07, 6.45) is 2.60. The Hall–Kier alpha value is -1.55. The summed E-state index contributed by atoms with van der Waals surface area (Å²) in [5.74, 6) is 0.300. The summed E-state index contributed by atoms with van der Waals surface area (Å²) in [5, 5.41) is 12.5. The van der Waals surface area contributed by atoms with Crippen LogP contribution in [0.25, 0.3) is 0 Å². The van der Waals surface area contributed by atoms with E-state index >= 15 is 0 Å². The fourth-order valence-electron chi connectivity index (χ4n) is 2.34. The largest absolute Gasteiger partial charge is 0.497 e. The van der Waals surface area contributed by atoms with Crippen molar-refractivity contribution in [3.63, 3.8) is 0 Å². The smallest absolute Gasteiger partial charge is 0.320 e. The molecule has 0 heterocycles. The second kappa shape index (κ2) is 8.67. The molecule has 3 atom stereocenters. The number of unbranched alkanes of at least 4 members (excludes halogenated alkanes) is 1. The topological polar surface area (TPSA) is 58.6 Å². The molecule has 118 valence electrons. The molecular weight excluding hydrogens is 266 g/mol. The van der Waals surface area contributed by atoms with Crippen molar-refractivity contribution in [2.24, 2.45) is 0 Å². The molecule has 1 aromatic rings. The SMILES string of the molecule is CCCCC(NC(C)C(C)c1ccc(OC)cc1)C(=O)O. The highest BCUT2D eigenvalue weighted by molar-refractivity contribution is 5.73. The number of ether oxygens (including phenoxy) is 1. The lowest BCUT2D eigenvalue weighted by Crippen LogP contribution is -2.44. The molecule has 1 rings (SSSR count). The quantitative estimate of drug-likeness (QED) is 0.732. The molecule has 0 spiro atoms. The van der Waals surface area contributed by atoms with Crippen LogP contribution < -0.4 is 10.1 Å². The van der Waals surface area contributed by atoms with Gasteiger partial charge in [-0.3, -0.25) is 4.79 Å². The van der Waals surface area contributed by atoms with Crippen molar-refractivity contribution in [2.75, 3.05) is 7.11 Å². The van der Waals surface area contributed by atoms with E-state index in [1.807, 2.05) is 31.2 Å². The van der Waals surface area contributed by atoms with Crippen molar-refractivity contribution in [3.8, 4) is 5.75 Å². The molecular formula is C17H27NO3. The highest BCUT2D eigenvalue weighted by Crippen LogP contribution is 2.22. The van der Waals surface area contributed by atoms with Gasteiger partial charge >= 0.3 is 5.97 Å². The second-order valence-corrected chi connectivity index (χ2v) is 5.55. The van der Waals surface area contributed by atoms with Crippen LogP contribution in [-0.2, 0) is 4.79 Å². The maximum atomic E-state index is 11.3. The first-order valence-electron chi connectivity index (χ1n) is 7.62. The summed E-state index contributed by atoms with van der Waals surface area (Å²) in [5.41, 5.74) is 1.18. The van der Waals surface area contributed by atoms with Crippen LogP contribution in [0.3, 0.4) is 0 Å². The van der Waals surface area contributed by atoms with E-state index in [0.717, 1.165) is 18.6 Å². The minimum atomic E-state index is -0.766. The molecule has 0 aliphatic heterocycles. The first kappa shape index (κ1) is 17.5. The van der Waals surface area contributed by atoms with Crippen molar-refractivity contribution in [2.45, 2.75) is 58.0 Å². The molecule has 0 radical (unpaired) electrons. The molecule has 2 N–H and O–H groups in total. The van der Waals surface area contributed by atoms with Crippen LogP contribution >= 0.6 is 0 Å². The Morgan fingerprint density at radius 1 is 1.29 bits per heavy atom. The number of carboxylic acid groups (broad SMARTS) is 1. The summed E-state index contributed by atoms with van der Waals surface area (Å²) in [6, 6.07) is 7.55. The third-order valence-electron chi connectivity index (χ3n) is 4.00. The standard InChI is InChI=1S/C17H27NO3/c1-5-6-7-16(17(19)20)18-13(3)12(2)14-8-10-15(21-4)11-9-14/h8-13,16,18H,5-7H2,1-4H3,(H,19,20). The summed E-state index contributed by atoms with van der Waals surface area (Å²) in [7, 11) is 1.65. The predicted molar refractivity (Wildman–Crippen MR) is 85.0 cm³/mol. The molecule has 0 saturated heterocycles.